The monoisotopic (exact) mass is 398 g/mol. The highest BCUT2D eigenvalue weighted by molar-refractivity contribution is 6.07. The van der Waals surface area contributed by atoms with Gasteiger partial charge in [-0.15, -0.1) is 0 Å². The molecule has 7 heteroatoms. The summed E-state index contributed by atoms with van der Waals surface area (Å²) < 4.78 is 26.1. The van der Waals surface area contributed by atoms with Gasteiger partial charge in [0, 0.05) is 37.3 Å². The molecule has 0 unspecified atom stereocenters. The van der Waals surface area contributed by atoms with Crippen molar-refractivity contribution in [2.45, 2.75) is 20.0 Å². The minimum atomic E-state index is -0.373. The number of ether oxygens (including phenoxy) is 2. The van der Waals surface area contributed by atoms with Crippen molar-refractivity contribution in [3.05, 3.63) is 69.9 Å². The maximum absolute atomic E-state index is 14.0. The number of carbonyl (C=O) groups excluding carboxylic acids is 1. The molecule has 0 saturated carbocycles. The number of aromatic nitrogens is 1. The average molecular weight is 398 g/mol. The number of pyridine rings is 1. The van der Waals surface area contributed by atoms with Crippen LogP contribution in [-0.4, -0.2) is 36.6 Å². The van der Waals surface area contributed by atoms with Crippen LogP contribution >= 0.6 is 0 Å². The second kappa shape index (κ2) is 8.34. The summed E-state index contributed by atoms with van der Waals surface area (Å²) in [7, 11) is 4.57. The van der Waals surface area contributed by atoms with Gasteiger partial charge in [0.1, 0.15) is 5.82 Å². The molecule has 0 aliphatic rings. The molecular formula is C22H23FN2O4. The van der Waals surface area contributed by atoms with Gasteiger partial charge in [-0.1, -0.05) is 18.2 Å². The number of benzene rings is 2. The van der Waals surface area contributed by atoms with Crippen molar-refractivity contribution < 1.29 is 18.7 Å². The Kier molecular flexibility index (Phi) is 5.87. The van der Waals surface area contributed by atoms with Crippen molar-refractivity contribution >= 4 is 16.7 Å². The zero-order valence-corrected chi connectivity index (χ0v) is 16.9. The average Bonchev–Trinajstić information content (AvgIpc) is 2.74. The summed E-state index contributed by atoms with van der Waals surface area (Å²) in [4.78, 5) is 27.4. The van der Waals surface area contributed by atoms with Gasteiger partial charge >= 0.3 is 0 Å². The molecule has 1 heterocycles. The molecule has 0 bridgehead atoms. The van der Waals surface area contributed by atoms with Crippen LogP contribution in [0, 0.1) is 5.82 Å². The molecule has 6 nitrogen and oxygen atoms in total. The fourth-order valence-electron chi connectivity index (χ4n) is 3.28. The Balaban J connectivity index is 2.14. The van der Waals surface area contributed by atoms with Crippen molar-refractivity contribution in [1.82, 2.24) is 9.47 Å². The van der Waals surface area contributed by atoms with Crippen molar-refractivity contribution in [3.8, 4) is 11.5 Å². The number of hydrogen-bond acceptors (Lipinski definition) is 4. The SMILES string of the molecule is CCn1cc(C(=O)N(C)Cc2ccccc2F)c2cc(OC)c(OC)cc2c1=O. The molecule has 3 rings (SSSR count). The molecule has 29 heavy (non-hydrogen) atoms. The van der Waals surface area contributed by atoms with Gasteiger partial charge in [-0.05, 0) is 25.1 Å². The number of methoxy groups -OCH3 is 2. The van der Waals surface area contributed by atoms with Crippen molar-refractivity contribution in [3.63, 3.8) is 0 Å². The molecular weight excluding hydrogens is 375 g/mol. The third-order valence-electron chi connectivity index (χ3n) is 4.87. The fourth-order valence-corrected chi connectivity index (χ4v) is 3.28. The smallest absolute Gasteiger partial charge is 0.258 e. The quantitative estimate of drug-likeness (QED) is 0.638. The summed E-state index contributed by atoms with van der Waals surface area (Å²) in [6.45, 7) is 2.33. The van der Waals surface area contributed by atoms with E-state index in [4.69, 9.17) is 9.47 Å². The Bertz CT molecular complexity index is 1120. The molecule has 0 radical (unpaired) electrons. The topological polar surface area (TPSA) is 60.8 Å². The lowest BCUT2D eigenvalue weighted by Gasteiger charge is -2.20. The highest BCUT2D eigenvalue weighted by atomic mass is 19.1. The standard InChI is InChI=1S/C22H23FN2O4/c1-5-25-13-17(21(26)24(2)12-14-8-6-7-9-18(14)23)15-10-19(28-3)20(29-4)11-16(15)22(25)27/h6-11,13H,5,12H2,1-4H3. The van der Waals surface area contributed by atoms with Gasteiger partial charge in [-0.3, -0.25) is 9.59 Å². The summed E-state index contributed by atoms with van der Waals surface area (Å²) >= 11 is 0. The van der Waals surface area contributed by atoms with Crippen molar-refractivity contribution in [2.24, 2.45) is 0 Å². The Morgan fingerprint density at radius 3 is 2.31 bits per heavy atom. The molecule has 1 aromatic heterocycles. The van der Waals surface area contributed by atoms with E-state index in [1.54, 1.807) is 37.4 Å². The van der Waals surface area contributed by atoms with Gasteiger partial charge in [0.05, 0.1) is 25.2 Å². The van der Waals surface area contributed by atoms with E-state index < -0.39 is 0 Å². The first kappa shape index (κ1) is 20.4. The number of halogens is 1. The summed E-state index contributed by atoms with van der Waals surface area (Å²) in [5.74, 6) is 0.123. The third kappa shape index (κ3) is 3.81. The van der Waals surface area contributed by atoms with Crippen LogP contribution in [0.3, 0.4) is 0 Å². The summed E-state index contributed by atoms with van der Waals surface area (Å²) in [5.41, 5.74) is 0.522. The van der Waals surface area contributed by atoms with Crippen molar-refractivity contribution in [1.29, 1.82) is 0 Å². The minimum Gasteiger partial charge on any atom is -0.493 e. The number of aryl methyl sites for hydroxylation is 1. The predicted molar refractivity (Wildman–Crippen MR) is 109 cm³/mol. The summed E-state index contributed by atoms with van der Waals surface area (Å²) in [5, 5.41) is 0.817. The Morgan fingerprint density at radius 1 is 1.10 bits per heavy atom. The second-order valence-corrected chi connectivity index (χ2v) is 6.64. The summed E-state index contributed by atoms with van der Waals surface area (Å²) in [6.07, 6.45) is 1.54. The zero-order valence-electron chi connectivity index (χ0n) is 16.9. The van der Waals surface area contributed by atoms with Crippen LogP contribution in [0.2, 0.25) is 0 Å². The Hall–Kier alpha value is -3.35. The molecule has 3 aromatic rings. The number of carbonyl (C=O) groups is 1. The van der Waals surface area contributed by atoms with E-state index >= 15 is 0 Å². The van der Waals surface area contributed by atoms with Gasteiger partial charge in [-0.2, -0.15) is 0 Å². The fraction of sp³-hybridized carbons (Fsp3) is 0.273. The van der Waals surface area contributed by atoms with Crippen molar-refractivity contribution in [2.75, 3.05) is 21.3 Å². The lowest BCUT2D eigenvalue weighted by Crippen LogP contribution is -2.29. The van der Waals surface area contributed by atoms with E-state index in [9.17, 15) is 14.0 Å². The molecule has 0 fully saturated rings. The van der Waals surface area contributed by atoms with E-state index in [0.717, 1.165) is 0 Å². The highest BCUT2D eigenvalue weighted by Crippen LogP contribution is 2.32. The molecule has 2 aromatic carbocycles. The van der Waals surface area contributed by atoms with Gasteiger partial charge in [0.15, 0.2) is 11.5 Å². The third-order valence-corrected chi connectivity index (χ3v) is 4.87. The molecule has 0 aliphatic carbocycles. The van der Waals surface area contributed by atoms with Gasteiger partial charge in [0.2, 0.25) is 0 Å². The van der Waals surface area contributed by atoms with E-state index in [-0.39, 0.29) is 23.8 Å². The number of fused-ring (bicyclic) bond motifs is 1. The van der Waals surface area contributed by atoms with Crippen LogP contribution in [0.4, 0.5) is 4.39 Å². The molecule has 0 atom stereocenters. The van der Waals surface area contributed by atoms with E-state index in [1.807, 2.05) is 6.92 Å². The Morgan fingerprint density at radius 2 is 1.72 bits per heavy atom. The van der Waals surface area contributed by atoms with Crippen LogP contribution in [0.25, 0.3) is 10.8 Å². The van der Waals surface area contributed by atoms with E-state index in [0.29, 0.717) is 39.9 Å². The number of rotatable bonds is 6. The van der Waals surface area contributed by atoms with E-state index in [1.165, 1.54) is 35.9 Å². The van der Waals surface area contributed by atoms with Crippen LogP contribution in [0.1, 0.15) is 22.8 Å². The van der Waals surface area contributed by atoms with Crippen LogP contribution in [0.5, 0.6) is 11.5 Å². The lowest BCUT2D eigenvalue weighted by atomic mass is 10.0. The maximum Gasteiger partial charge on any atom is 0.258 e. The largest absolute Gasteiger partial charge is 0.493 e. The normalized spacial score (nSPS) is 10.8. The summed E-state index contributed by atoms with van der Waals surface area (Å²) in [6, 6.07) is 9.52. The maximum atomic E-state index is 14.0. The van der Waals surface area contributed by atoms with Gasteiger partial charge in [-0.25, -0.2) is 4.39 Å². The number of amides is 1. The highest BCUT2D eigenvalue weighted by Gasteiger charge is 2.21. The van der Waals surface area contributed by atoms with Crippen LogP contribution in [-0.2, 0) is 13.1 Å². The number of hydrogen-bond donors (Lipinski definition) is 0. The number of nitrogens with zero attached hydrogens (tertiary/aromatic N) is 2. The Labute approximate surface area is 168 Å². The van der Waals surface area contributed by atoms with Crippen LogP contribution in [0.15, 0.2) is 47.4 Å². The predicted octanol–water partition coefficient (Wildman–Crippen LogP) is 3.45. The molecule has 152 valence electrons. The molecule has 0 saturated heterocycles. The minimum absolute atomic E-state index is 0.103. The van der Waals surface area contributed by atoms with Gasteiger partial charge in [0.25, 0.3) is 11.5 Å². The zero-order chi connectivity index (χ0) is 21.1. The molecule has 1 amide bonds. The molecule has 0 N–H and O–H groups in total. The first-order valence-electron chi connectivity index (χ1n) is 9.19. The van der Waals surface area contributed by atoms with E-state index in [2.05, 4.69) is 0 Å². The molecule has 0 aliphatic heterocycles. The lowest BCUT2D eigenvalue weighted by molar-refractivity contribution is 0.0785. The second-order valence-electron chi connectivity index (χ2n) is 6.64. The first-order chi connectivity index (χ1) is 13.9. The van der Waals surface area contributed by atoms with Crippen LogP contribution < -0.4 is 15.0 Å². The first-order valence-corrected chi connectivity index (χ1v) is 9.19. The van der Waals surface area contributed by atoms with Gasteiger partial charge < -0.3 is 18.9 Å². The molecule has 0 spiro atoms.